The normalized spacial score (nSPS) is 21.9. The average molecular weight is 294 g/mol. The minimum absolute atomic E-state index is 0. The minimum atomic E-state index is -0.202. The molecule has 1 aromatic heterocycles. The maximum Gasteiger partial charge on any atom is 0.170 e. The van der Waals surface area contributed by atoms with Gasteiger partial charge in [-0.15, -0.1) is 12.4 Å². The number of aromatic nitrogens is 2. The molecule has 2 heterocycles. The number of benzene rings is 1. The van der Waals surface area contributed by atoms with E-state index in [1.807, 2.05) is 18.2 Å². The Hall–Kier alpha value is -1.39. The zero-order valence-corrected chi connectivity index (χ0v) is 12.4. The first-order chi connectivity index (χ1) is 9.25. The van der Waals surface area contributed by atoms with Crippen LogP contribution in [0.3, 0.4) is 0 Å². The van der Waals surface area contributed by atoms with Crippen LogP contribution in [0.15, 0.2) is 24.4 Å². The van der Waals surface area contributed by atoms with Gasteiger partial charge in [0.2, 0.25) is 0 Å². The number of ketones is 1. The molecule has 2 aromatic rings. The van der Waals surface area contributed by atoms with Crippen molar-refractivity contribution in [3.05, 3.63) is 30.0 Å². The van der Waals surface area contributed by atoms with E-state index in [0.717, 1.165) is 48.8 Å². The van der Waals surface area contributed by atoms with Gasteiger partial charge in [-0.25, -0.2) is 0 Å². The lowest BCUT2D eigenvalue weighted by Gasteiger charge is -2.26. The molecule has 0 saturated carbocycles. The highest BCUT2D eigenvalue weighted by molar-refractivity contribution is 6.03. The number of aromatic amines is 1. The van der Waals surface area contributed by atoms with Crippen LogP contribution in [0.4, 0.5) is 0 Å². The summed E-state index contributed by atoms with van der Waals surface area (Å²) in [7, 11) is 0. The number of nitrogens with zero attached hydrogens (tertiary/aromatic N) is 1. The zero-order chi connectivity index (χ0) is 13.3. The Bertz CT molecular complexity index is 602. The van der Waals surface area contributed by atoms with Gasteiger partial charge in [0.25, 0.3) is 0 Å². The molecule has 0 amide bonds. The molecule has 1 aliphatic rings. The number of rotatable bonds is 4. The summed E-state index contributed by atoms with van der Waals surface area (Å²) in [6.45, 7) is 3.90. The summed E-state index contributed by atoms with van der Waals surface area (Å²) >= 11 is 0. The van der Waals surface area contributed by atoms with E-state index in [-0.39, 0.29) is 23.6 Å². The van der Waals surface area contributed by atoms with Gasteiger partial charge < -0.3 is 5.32 Å². The van der Waals surface area contributed by atoms with E-state index in [9.17, 15) is 4.79 Å². The Morgan fingerprint density at radius 2 is 2.30 bits per heavy atom. The van der Waals surface area contributed by atoms with Crippen LogP contribution in [0.2, 0.25) is 0 Å². The molecule has 20 heavy (non-hydrogen) atoms. The molecule has 2 N–H and O–H groups in total. The molecule has 108 valence electrons. The maximum absolute atomic E-state index is 12.9. The van der Waals surface area contributed by atoms with Crippen molar-refractivity contribution in [1.29, 1.82) is 0 Å². The van der Waals surface area contributed by atoms with Gasteiger partial charge in [-0.1, -0.05) is 13.3 Å². The second kappa shape index (κ2) is 5.94. The van der Waals surface area contributed by atoms with Crippen molar-refractivity contribution in [2.75, 3.05) is 13.1 Å². The monoisotopic (exact) mass is 293 g/mol. The Kier molecular flexibility index (Phi) is 4.45. The molecule has 1 aliphatic heterocycles. The number of Topliss-reactive ketones (excluding diaryl/α,β-unsaturated/α-hetero) is 1. The highest BCUT2D eigenvalue weighted by Crippen LogP contribution is 2.35. The van der Waals surface area contributed by atoms with Crippen LogP contribution < -0.4 is 5.32 Å². The molecule has 0 aliphatic carbocycles. The molecule has 1 saturated heterocycles. The third kappa shape index (κ3) is 2.45. The second-order valence-corrected chi connectivity index (χ2v) is 5.46. The van der Waals surface area contributed by atoms with Gasteiger partial charge in [0, 0.05) is 22.9 Å². The van der Waals surface area contributed by atoms with Crippen molar-refractivity contribution in [3.63, 3.8) is 0 Å². The van der Waals surface area contributed by atoms with Crippen molar-refractivity contribution >= 4 is 29.1 Å². The Labute approximate surface area is 124 Å². The topological polar surface area (TPSA) is 57.8 Å². The van der Waals surface area contributed by atoms with Crippen molar-refractivity contribution in [1.82, 2.24) is 15.5 Å². The zero-order valence-electron chi connectivity index (χ0n) is 11.6. The fourth-order valence-corrected chi connectivity index (χ4v) is 3.13. The summed E-state index contributed by atoms with van der Waals surface area (Å²) < 4.78 is 0. The Morgan fingerprint density at radius 1 is 1.45 bits per heavy atom. The van der Waals surface area contributed by atoms with Crippen LogP contribution in [0, 0.1) is 5.41 Å². The SMILES string of the molecule is CCCC1(C(=O)c2ccc3[nH]ncc3c2)CCNC1.Cl. The number of nitrogens with one attached hydrogen (secondary N) is 2. The van der Waals surface area contributed by atoms with E-state index in [1.165, 1.54) is 0 Å². The number of carbonyl (C=O) groups is 1. The van der Waals surface area contributed by atoms with Gasteiger partial charge in [-0.05, 0) is 37.6 Å². The summed E-state index contributed by atoms with van der Waals surface area (Å²) in [5.74, 6) is 0.280. The quantitative estimate of drug-likeness (QED) is 0.852. The first kappa shape index (κ1) is 15.0. The van der Waals surface area contributed by atoms with Crippen molar-refractivity contribution in [2.24, 2.45) is 5.41 Å². The molecule has 0 radical (unpaired) electrons. The Balaban J connectivity index is 0.00000147. The summed E-state index contributed by atoms with van der Waals surface area (Å²) in [4.78, 5) is 12.9. The number of carbonyl (C=O) groups excluding carboxylic acids is 1. The maximum atomic E-state index is 12.9. The number of halogens is 1. The molecule has 3 rings (SSSR count). The third-order valence-electron chi connectivity index (χ3n) is 4.16. The fourth-order valence-electron chi connectivity index (χ4n) is 3.13. The highest BCUT2D eigenvalue weighted by atomic mass is 35.5. The first-order valence-corrected chi connectivity index (χ1v) is 6.94. The van der Waals surface area contributed by atoms with Gasteiger partial charge in [0.15, 0.2) is 5.78 Å². The largest absolute Gasteiger partial charge is 0.316 e. The van der Waals surface area contributed by atoms with E-state index in [4.69, 9.17) is 0 Å². The second-order valence-electron chi connectivity index (χ2n) is 5.46. The lowest BCUT2D eigenvalue weighted by Crippen LogP contribution is -2.33. The minimum Gasteiger partial charge on any atom is -0.316 e. The molecule has 1 atom stereocenters. The summed E-state index contributed by atoms with van der Waals surface area (Å²) in [5, 5.41) is 11.3. The van der Waals surface area contributed by atoms with Crippen molar-refractivity contribution in [2.45, 2.75) is 26.2 Å². The summed E-state index contributed by atoms with van der Waals surface area (Å²) in [5.41, 5.74) is 1.59. The standard InChI is InChI=1S/C15H19N3O.ClH/c1-2-5-15(6-7-16-10-15)14(19)11-3-4-13-12(8-11)9-17-18-13;/h3-4,8-9,16H,2,5-7,10H2,1H3,(H,17,18);1H. The lowest BCUT2D eigenvalue weighted by molar-refractivity contribution is 0.0802. The van der Waals surface area contributed by atoms with Crippen molar-refractivity contribution in [3.8, 4) is 0 Å². The van der Waals surface area contributed by atoms with Crippen LogP contribution in [0.5, 0.6) is 0 Å². The van der Waals surface area contributed by atoms with Crippen molar-refractivity contribution < 1.29 is 4.79 Å². The van der Waals surface area contributed by atoms with Gasteiger partial charge in [-0.2, -0.15) is 5.10 Å². The molecule has 4 nitrogen and oxygen atoms in total. The van der Waals surface area contributed by atoms with E-state index in [2.05, 4.69) is 22.4 Å². The molecule has 1 aromatic carbocycles. The van der Waals surface area contributed by atoms with Gasteiger partial charge in [-0.3, -0.25) is 9.89 Å². The molecule has 5 heteroatoms. The molecule has 0 spiro atoms. The van der Waals surface area contributed by atoms with E-state index in [1.54, 1.807) is 6.20 Å². The predicted molar refractivity (Wildman–Crippen MR) is 82.5 cm³/mol. The Morgan fingerprint density at radius 3 is 3.00 bits per heavy atom. The lowest BCUT2D eigenvalue weighted by atomic mass is 9.76. The average Bonchev–Trinajstić information content (AvgIpc) is 3.06. The van der Waals surface area contributed by atoms with Crippen LogP contribution in [-0.2, 0) is 0 Å². The summed E-state index contributed by atoms with van der Waals surface area (Å²) in [6, 6.07) is 5.81. The van der Waals surface area contributed by atoms with Gasteiger partial charge in [0.05, 0.1) is 11.7 Å². The van der Waals surface area contributed by atoms with E-state index < -0.39 is 0 Å². The number of hydrogen-bond donors (Lipinski definition) is 2. The van der Waals surface area contributed by atoms with Crippen LogP contribution in [0.25, 0.3) is 10.9 Å². The number of fused-ring (bicyclic) bond motifs is 1. The van der Waals surface area contributed by atoms with E-state index in [0.29, 0.717) is 0 Å². The molecular formula is C15H20ClN3O. The van der Waals surface area contributed by atoms with Crippen LogP contribution in [-0.4, -0.2) is 29.1 Å². The summed E-state index contributed by atoms with van der Waals surface area (Å²) in [6.07, 6.45) is 4.72. The molecule has 0 bridgehead atoms. The highest BCUT2D eigenvalue weighted by Gasteiger charge is 2.40. The van der Waals surface area contributed by atoms with Gasteiger partial charge >= 0.3 is 0 Å². The van der Waals surface area contributed by atoms with Crippen LogP contribution >= 0.6 is 12.4 Å². The first-order valence-electron chi connectivity index (χ1n) is 6.94. The van der Waals surface area contributed by atoms with E-state index >= 15 is 0 Å². The van der Waals surface area contributed by atoms with Gasteiger partial charge in [0.1, 0.15) is 0 Å². The molecule has 1 unspecified atom stereocenters. The molecule has 1 fully saturated rings. The molecular weight excluding hydrogens is 274 g/mol. The van der Waals surface area contributed by atoms with Crippen LogP contribution in [0.1, 0.15) is 36.5 Å². The smallest absolute Gasteiger partial charge is 0.170 e. The number of H-pyrrole nitrogens is 1. The fraction of sp³-hybridized carbons (Fsp3) is 0.467. The predicted octanol–water partition coefficient (Wildman–Crippen LogP) is 2.95. The third-order valence-corrected chi connectivity index (χ3v) is 4.16. The number of hydrogen-bond acceptors (Lipinski definition) is 3.